The zero-order chi connectivity index (χ0) is 18.7. The van der Waals surface area contributed by atoms with Crippen LogP contribution in [0.1, 0.15) is 21.3 Å². The van der Waals surface area contributed by atoms with Crippen molar-refractivity contribution in [2.75, 3.05) is 17.8 Å². The van der Waals surface area contributed by atoms with Crippen molar-refractivity contribution < 1.29 is 27.8 Å². The van der Waals surface area contributed by atoms with Crippen molar-refractivity contribution in [3.63, 3.8) is 0 Å². The Kier molecular flexibility index (Phi) is 5.41. The molecule has 0 unspecified atom stereocenters. The third-order valence-corrected chi connectivity index (χ3v) is 5.04. The largest absolute Gasteiger partial charge is 0.465 e. The number of hydrogen-bond acceptors (Lipinski definition) is 5. The zero-order valence-corrected chi connectivity index (χ0v) is 14.5. The van der Waals surface area contributed by atoms with Crippen LogP contribution in [0.25, 0.3) is 0 Å². The molecule has 0 N–H and O–H groups in total. The summed E-state index contributed by atoms with van der Waals surface area (Å²) in [5.74, 6) is -0.158. The van der Waals surface area contributed by atoms with Gasteiger partial charge < -0.3 is 9.47 Å². The number of methoxy groups -OCH3 is 1. The van der Waals surface area contributed by atoms with Gasteiger partial charge in [-0.2, -0.15) is 8.78 Å². The van der Waals surface area contributed by atoms with E-state index in [9.17, 15) is 18.4 Å². The van der Waals surface area contributed by atoms with E-state index < -0.39 is 12.6 Å². The van der Waals surface area contributed by atoms with Crippen LogP contribution >= 0.6 is 11.8 Å². The number of ether oxygens (including phenoxy) is 2. The van der Waals surface area contributed by atoms with E-state index in [1.165, 1.54) is 31.0 Å². The maximum atomic E-state index is 12.3. The summed E-state index contributed by atoms with van der Waals surface area (Å²) in [7, 11) is 1.30. The van der Waals surface area contributed by atoms with Crippen molar-refractivity contribution in [1.29, 1.82) is 0 Å². The molecule has 1 aliphatic heterocycles. The van der Waals surface area contributed by atoms with Gasteiger partial charge in [-0.3, -0.25) is 9.69 Å². The number of alkyl halides is 2. The molecule has 5 nitrogen and oxygen atoms in total. The molecule has 0 radical (unpaired) electrons. The number of esters is 1. The number of carbonyl (C=O) groups excluding carboxylic acids is 2. The summed E-state index contributed by atoms with van der Waals surface area (Å²) < 4.78 is 33.5. The van der Waals surface area contributed by atoms with Crippen LogP contribution in [0.3, 0.4) is 0 Å². The Balaban J connectivity index is 1.83. The van der Waals surface area contributed by atoms with E-state index in [0.717, 1.165) is 5.56 Å². The van der Waals surface area contributed by atoms with Crippen LogP contribution < -0.4 is 9.64 Å². The molecule has 0 saturated carbocycles. The number of halogens is 2. The molecule has 26 heavy (non-hydrogen) atoms. The fourth-order valence-electron chi connectivity index (χ4n) is 2.64. The summed E-state index contributed by atoms with van der Waals surface area (Å²) in [6, 6.07) is 12.7. The SMILES string of the molecule is COC(=O)c1ccc(N2C(=O)CS[C@H]2c2ccc(OC(F)F)cc2)cc1. The average Bonchev–Trinajstić information content (AvgIpc) is 3.03. The lowest BCUT2D eigenvalue weighted by atomic mass is 10.1. The predicted molar refractivity (Wildman–Crippen MR) is 93.5 cm³/mol. The molecule has 2 aromatic rings. The quantitative estimate of drug-likeness (QED) is 0.739. The third kappa shape index (κ3) is 3.80. The normalized spacial score (nSPS) is 16.8. The Labute approximate surface area is 152 Å². The fraction of sp³-hybridized carbons (Fsp3) is 0.222. The van der Waals surface area contributed by atoms with Gasteiger partial charge in [0.15, 0.2) is 0 Å². The molecule has 0 bridgehead atoms. The Hall–Kier alpha value is -2.61. The lowest BCUT2D eigenvalue weighted by Gasteiger charge is -2.24. The molecule has 2 aromatic carbocycles. The van der Waals surface area contributed by atoms with Gasteiger partial charge in [-0.05, 0) is 42.0 Å². The Morgan fingerprint density at radius 3 is 2.38 bits per heavy atom. The highest BCUT2D eigenvalue weighted by molar-refractivity contribution is 8.00. The van der Waals surface area contributed by atoms with Crippen LogP contribution in [0.15, 0.2) is 48.5 Å². The molecule has 136 valence electrons. The van der Waals surface area contributed by atoms with Crippen molar-refractivity contribution in [1.82, 2.24) is 0 Å². The van der Waals surface area contributed by atoms with E-state index in [0.29, 0.717) is 17.0 Å². The lowest BCUT2D eigenvalue weighted by Crippen LogP contribution is -2.27. The highest BCUT2D eigenvalue weighted by atomic mass is 32.2. The standard InChI is InChI=1S/C18H15F2NO4S/c1-24-17(23)12-2-6-13(7-3-12)21-15(22)10-26-16(21)11-4-8-14(9-5-11)25-18(19)20/h2-9,16,18H,10H2,1H3/t16-/m0/s1. The second-order valence-electron chi connectivity index (χ2n) is 5.41. The van der Waals surface area contributed by atoms with Gasteiger partial charge in [0.1, 0.15) is 11.1 Å². The minimum absolute atomic E-state index is 0.0621. The molecule has 0 aliphatic carbocycles. The summed E-state index contributed by atoms with van der Waals surface area (Å²) in [5.41, 5.74) is 1.82. The molecule has 1 aliphatic rings. The highest BCUT2D eigenvalue weighted by Crippen LogP contribution is 2.42. The monoisotopic (exact) mass is 379 g/mol. The number of carbonyl (C=O) groups is 2. The van der Waals surface area contributed by atoms with E-state index in [4.69, 9.17) is 0 Å². The third-order valence-electron chi connectivity index (χ3n) is 3.82. The number of thioether (sulfide) groups is 1. The van der Waals surface area contributed by atoms with Crippen LogP contribution in [-0.4, -0.2) is 31.4 Å². The molecule has 1 heterocycles. The Morgan fingerprint density at radius 2 is 1.81 bits per heavy atom. The first kappa shape index (κ1) is 18.2. The minimum atomic E-state index is -2.88. The minimum Gasteiger partial charge on any atom is -0.465 e. The zero-order valence-electron chi connectivity index (χ0n) is 13.7. The summed E-state index contributed by atoms with van der Waals surface area (Å²) in [6.45, 7) is -2.88. The van der Waals surface area contributed by atoms with Gasteiger partial charge in [0, 0.05) is 5.69 Å². The van der Waals surface area contributed by atoms with Crippen molar-refractivity contribution in [3.05, 3.63) is 59.7 Å². The summed E-state index contributed by atoms with van der Waals surface area (Å²) >= 11 is 1.44. The van der Waals surface area contributed by atoms with E-state index in [-0.39, 0.29) is 17.0 Å². The highest BCUT2D eigenvalue weighted by Gasteiger charge is 2.34. The van der Waals surface area contributed by atoms with Crippen molar-refractivity contribution >= 4 is 29.3 Å². The van der Waals surface area contributed by atoms with E-state index >= 15 is 0 Å². The predicted octanol–water partition coefficient (Wildman–Crippen LogP) is 3.85. The van der Waals surface area contributed by atoms with Crippen LogP contribution in [0.4, 0.5) is 14.5 Å². The van der Waals surface area contributed by atoms with E-state index in [2.05, 4.69) is 9.47 Å². The number of nitrogens with zero attached hydrogens (tertiary/aromatic N) is 1. The molecule has 1 atom stereocenters. The molecule has 0 aromatic heterocycles. The first-order valence-electron chi connectivity index (χ1n) is 7.66. The van der Waals surface area contributed by atoms with Crippen LogP contribution in [0.2, 0.25) is 0 Å². The number of benzene rings is 2. The molecular weight excluding hydrogens is 364 g/mol. The van der Waals surface area contributed by atoms with Crippen LogP contribution in [0, 0.1) is 0 Å². The van der Waals surface area contributed by atoms with Gasteiger partial charge in [0.25, 0.3) is 0 Å². The van der Waals surface area contributed by atoms with Crippen LogP contribution in [-0.2, 0) is 9.53 Å². The number of anilines is 1. The van der Waals surface area contributed by atoms with Crippen molar-refractivity contribution in [2.45, 2.75) is 12.0 Å². The maximum Gasteiger partial charge on any atom is 0.387 e. The van der Waals surface area contributed by atoms with Gasteiger partial charge in [-0.1, -0.05) is 12.1 Å². The smallest absolute Gasteiger partial charge is 0.387 e. The number of hydrogen-bond donors (Lipinski definition) is 0. The van der Waals surface area contributed by atoms with E-state index in [1.54, 1.807) is 41.3 Å². The second kappa shape index (κ2) is 7.74. The topological polar surface area (TPSA) is 55.8 Å². The van der Waals surface area contributed by atoms with E-state index in [1.807, 2.05) is 0 Å². The van der Waals surface area contributed by atoms with Gasteiger partial charge in [-0.25, -0.2) is 4.79 Å². The second-order valence-corrected chi connectivity index (χ2v) is 6.48. The fourth-order valence-corrected chi connectivity index (χ4v) is 3.82. The van der Waals surface area contributed by atoms with Crippen LogP contribution in [0.5, 0.6) is 5.75 Å². The number of amides is 1. The Bertz CT molecular complexity index is 796. The summed E-state index contributed by atoms with van der Waals surface area (Å²) in [5, 5.41) is -0.285. The van der Waals surface area contributed by atoms with Gasteiger partial charge in [0.05, 0.1) is 18.4 Å². The molecule has 0 spiro atoms. The van der Waals surface area contributed by atoms with Gasteiger partial charge >= 0.3 is 12.6 Å². The maximum absolute atomic E-state index is 12.3. The first-order valence-corrected chi connectivity index (χ1v) is 8.71. The van der Waals surface area contributed by atoms with Gasteiger partial charge in [0.2, 0.25) is 5.91 Å². The molecule has 1 saturated heterocycles. The molecular formula is C18H15F2NO4S. The average molecular weight is 379 g/mol. The summed E-state index contributed by atoms with van der Waals surface area (Å²) in [6.07, 6.45) is 0. The molecule has 8 heteroatoms. The molecule has 1 amide bonds. The Morgan fingerprint density at radius 1 is 1.15 bits per heavy atom. The number of rotatable bonds is 5. The lowest BCUT2D eigenvalue weighted by molar-refractivity contribution is -0.115. The van der Waals surface area contributed by atoms with Crippen molar-refractivity contribution in [3.8, 4) is 5.75 Å². The first-order chi connectivity index (χ1) is 12.5. The molecule has 1 fully saturated rings. The summed E-state index contributed by atoms with van der Waals surface area (Å²) in [4.78, 5) is 25.5. The molecule has 3 rings (SSSR count). The van der Waals surface area contributed by atoms with Gasteiger partial charge in [-0.15, -0.1) is 11.8 Å². The van der Waals surface area contributed by atoms with Crippen molar-refractivity contribution in [2.24, 2.45) is 0 Å².